The van der Waals surface area contributed by atoms with Crippen LogP contribution >= 0.6 is 0 Å². The number of nitro groups is 1. The Bertz CT molecular complexity index is 641. The van der Waals surface area contributed by atoms with Crippen molar-refractivity contribution in [1.82, 2.24) is 10.6 Å². The lowest BCUT2D eigenvalue weighted by Gasteiger charge is -2.21. The van der Waals surface area contributed by atoms with E-state index in [0.29, 0.717) is 18.5 Å². The second-order valence-electron chi connectivity index (χ2n) is 6.31. The zero-order chi connectivity index (χ0) is 18.4. The van der Waals surface area contributed by atoms with Gasteiger partial charge in [0.2, 0.25) is 5.91 Å². The molecule has 2 rings (SSSR count). The van der Waals surface area contributed by atoms with Crippen LogP contribution < -0.4 is 10.6 Å². The highest BCUT2D eigenvalue weighted by Gasteiger charge is 2.30. The maximum absolute atomic E-state index is 12.4. The number of nitrogens with one attached hydrogen (secondary N) is 2. The van der Waals surface area contributed by atoms with Crippen LogP contribution in [-0.4, -0.2) is 36.0 Å². The number of nitro benzene ring substituents is 1. The number of para-hydroxylation sites is 1. The molecular formula is C17H23N3O5. The quantitative estimate of drug-likeness (QED) is 0.440. The summed E-state index contributed by atoms with van der Waals surface area (Å²) in [6.45, 7) is 4.76. The van der Waals surface area contributed by atoms with Crippen LogP contribution in [0.1, 0.15) is 38.3 Å². The van der Waals surface area contributed by atoms with Crippen LogP contribution in [0, 0.1) is 16.0 Å². The minimum absolute atomic E-state index is 0.130. The maximum atomic E-state index is 12.4. The van der Waals surface area contributed by atoms with Gasteiger partial charge in [0.05, 0.1) is 35.0 Å². The van der Waals surface area contributed by atoms with E-state index in [-0.39, 0.29) is 30.0 Å². The Morgan fingerprint density at radius 2 is 2.12 bits per heavy atom. The summed E-state index contributed by atoms with van der Waals surface area (Å²) in [5.74, 6) is -0.931. The number of carbonyl (C=O) groups excluding carboxylic acids is 2. The summed E-state index contributed by atoms with van der Waals surface area (Å²) in [6, 6.07) is 5.30. The van der Waals surface area contributed by atoms with Gasteiger partial charge in [-0.05, 0) is 26.8 Å². The number of ether oxygens (including phenoxy) is 1. The van der Waals surface area contributed by atoms with Crippen molar-refractivity contribution >= 4 is 17.6 Å². The average molecular weight is 349 g/mol. The van der Waals surface area contributed by atoms with Crippen molar-refractivity contribution in [1.29, 1.82) is 0 Å². The summed E-state index contributed by atoms with van der Waals surface area (Å²) in [6.07, 6.45) is 0.245. The Hall–Kier alpha value is -2.48. The Morgan fingerprint density at radius 3 is 2.72 bits per heavy atom. The predicted molar refractivity (Wildman–Crippen MR) is 90.8 cm³/mol. The molecule has 2 unspecified atom stereocenters. The molecule has 1 heterocycles. The van der Waals surface area contributed by atoms with E-state index in [1.165, 1.54) is 6.07 Å². The molecular weight excluding hydrogens is 326 g/mol. The predicted octanol–water partition coefficient (Wildman–Crippen LogP) is 1.70. The highest BCUT2D eigenvalue weighted by atomic mass is 16.6. The van der Waals surface area contributed by atoms with Crippen LogP contribution in [0.15, 0.2) is 24.3 Å². The van der Waals surface area contributed by atoms with Gasteiger partial charge in [-0.3, -0.25) is 19.7 Å². The molecule has 25 heavy (non-hydrogen) atoms. The lowest BCUT2D eigenvalue weighted by Crippen LogP contribution is -2.36. The van der Waals surface area contributed by atoms with Crippen molar-refractivity contribution < 1.29 is 19.2 Å². The topological polar surface area (TPSA) is 111 Å². The third-order valence-corrected chi connectivity index (χ3v) is 3.99. The molecule has 2 atom stereocenters. The number of benzene rings is 1. The van der Waals surface area contributed by atoms with Crippen LogP contribution in [0.25, 0.3) is 0 Å². The molecule has 2 N–H and O–H groups in total. The van der Waals surface area contributed by atoms with Gasteiger partial charge in [-0.2, -0.15) is 0 Å². The Morgan fingerprint density at radius 1 is 1.40 bits per heavy atom. The number of carbonyl (C=O) groups is 2. The first kappa shape index (κ1) is 18.9. The Kier molecular flexibility index (Phi) is 6.46. The third kappa shape index (κ3) is 5.25. The number of amides is 1. The number of rotatable bonds is 7. The highest BCUT2D eigenvalue weighted by molar-refractivity contribution is 5.81. The zero-order valence-corrected chi connectivity index (χ0v) is 14.4. The Labute approximate surface area is 146 Å². The van der Waals surface area contributed by atoms with E-state index in [4.69, 9.17) is 4.74 Å². The first-order chi connectivity index (χ1) is 11.9. The molecule has 0 bridgehead atoms. The van der Waals surface area contributed by atoms with E-state index in [9.17, 15) is 19.7 Å². The normalized spacial score (nSPS) is 18.0. The molecule has 1 amide bonds. The molecule has 1 fully saturated rings. The molecule has 1 aliphatic heterocycles. The Balaban J connectivity index is 2.23. The summed E-state index contributed by atoms with van der Waals surface area (Å²) in [7, 11) is 0. The van der Waals surface area contributed by atoms with Crippen molar-refractivity contribution in [2.75, 3.05) is 13.1 Å². The molecule has 0 saturated carbocycles. The van der Waals surface area contributed by atoms with Crippen LogP contribution in [-0.2, 0) is 14.3 Å². The van der Waals surface area contributed by atoms with Gasteiger partial charge in [0.1, 0.15) is 0 Å². The van der Waals surface area contributed by atoms with Gasteiger partial charge in [-0.15, -0.1) is 0 Å². The van der Waals surface area contributed by atoms with Crippen LogP contribution in [0.3, 0.4) is 0 Å². The first-order valence-electron chi connectivity index (χ1n) is 8.32. The zero-order valence-electron chi connectivity index (χ0n) is 14.4. The summed E-state index contributed by atoms with van der Waals surface area (Å²) in [5, 5.41) is 17.2. The molecule has 0 aromatic heterocycles. The second-order valence-corrected chi connectivity index (χ2v) is 6.31. The molecule has 0 radical (unpaired) electrons. The van der Waals surface area contributed by atoms with Crippen molar-refractivity contribution in [3.05, 3.63) is 39.9 Å². The van der Waals surface area contributed by atoms with E-state index in [0.717, 1.165) is 6.54 Å². The standard InChI is InChI=1S/C17H23N3O5/c1-11(2)25-16(21)9-14(19-17(22)12-7-8-18-10-12)13-5-3-4-6-15(13)20(23)24/h3-6,11-12,14,18H,7-10H2,1-2H3,(H,19,22). The van der Waals surface area contributed by atoms with Gasteiger partial charge in [0, 0.05) is 12.6 Å². The van der Waals surface area contributed by atoms with E-state index in [2.05, 4.69) is 10.6 Å². The second kappa shape index (κ2) is 8.57. The van der Waals surface area contributed by atoms with Crippen molar-refractivity contribution in [3.63, 3.8) is 0 Å². The van der Waals surface area contributed by atoms with Gasteiger partial charge in [0.25, 0.3) is 5.69 Å². The van der Waals surface area contributed by atoms with E-state index in [1.54, 1.807) is 32.0 Å². The van der Waals surface area contributed by atoms with Gasteiger partial charge < -0.3 is 15.4 Å². The lowest BCUT2D eigenvalue weighted by molar-refractivity contribution is -0.385. The minimum Gasteiger partial charge on any atom is -0.463 e. The van der Waals surface area contributed by atoms with Crippen molar-refractivity contribution in [2.24, 2.45) is 5.92 Å². The maximum Gasteiger partial charge on any atom is 0.308 e. The van der Waals surface area contributed by atoms with Gasteiger partial charge >= 0.3 is 5.97 Å². The minimum atomic E-state index is -0.805. The van der Waals surface area contributed by atoms with E-state index in [1.807, 2.05) is 0 Å². The lowest BCUT2D eigenvalue weighted by atomic mass is 10.00. The fraction of sp³-hybridized carbons (Fsp3) is 0.529. The SMILES string of the molecule is CC(C)OC(=O)CC(NC(=O)C1CCNC1)c1ccccc1[N+](=O)[O-]. The number of esters is 1. The molecule has 8 nitrogen and oxygen atoms in total. The molecule has 8 heteroatoms. The summed E-state index contributed by atoms with van der Waals surface area (Å²) in [5.41, 5.74) is 0.169. The average Bonchev–Trinajstić information content (AvgIpc) is 3.08. The van der Waals surface area contributed by atoms with E-state index >= 15 is 0 Å². The molecule has 0 aliphatic carbocycles. The van der Waals surface area contributed by atoms with Crippen LogP contribution in [0.5, 0.6) is 0 Å². The van der Waals surface area contributed by atoms with Gasteiger partial charge in [-0.1, -0.05) is 18.2 Å². The third-order valence-electron chi connectivity index (χ3n) is 3.99. The molecule has 1 aromatic carbocycles. The molecule has 136 valence electrons. The van der Waals surface area contributed by atoms with Gasteiger partial charge in [-0.25, -0.2) is 0 Å². The monoisotopic (exact) mass is 349 g/mol. The first-order valence-corrected chi connectivity index (χ1v) is 8.32. The van der Waals surface area contributed by atoms with Gasteiger partial charge in [0.15, 0.2) is 0 Å². The number of hydrogen-bond donors (Lipinski definition) is 2. The molecule has 1 aromatic rings. The summed E-state index contributed by atoms with van der Waals surface area (Å²) >= 11 is 0. The molecule has 1 aliphatic rings. The number of nitrogens with zero attached hydrogens (tertiary/aromatic N) is 1. The summed E-state index contributed by atoms with van der Waals surface area (Å²) in [4.78, 5) is 35.3. The van der Waals surface area contributed by atoms with Crippen LogP contribution in [0.2, 0.25) is 0 Å². The molecule has 0 spiro atoms. The molecule has 1 saturated heterocycles. The summed E-state index contributed by atoms with van der Waals surface area (Å²) < 4.78 is 5.14. The van der Waals surface area contributed by atoms with E-state index < -0.39 is 16.9 Å². The fourth-order valence-corrected chi connectivity index (χ4v) is 2.83. The van der Waals surface area contributed by atoms with Crippen molar-refractivity contribution in [2.45, 2.75) is 38.8 Å². The fourth-order valence-electron chi connectivity index (χ4n) is 2.83. The number of hydrogen-bond acceptors (Lipinski definition) is 6. The highest BCUT2D eigenvalue weighted by Crippen LogP contribution is 2.28. The smallest absolute Gasteiger partial charge is 0.308 e. The van der Waals surface area contributed by atoms with Crippen LogP contribution in [0.4, 0.5) is 5.69 Å². The van der Waals surface area contributed by atoms with Crippen molar-refractivity contribution in [3.8, 4) is 0 Å². The largest absolute Gasteiger partial charge is 0.463 e.